The number of fused-ring (bicyclic) bond motifs is 2. The zero-order valence-electron chi connectivity index (χ0n) is 21.0. The summed E-state index contributed by atoms with van der Waals surface area (Å²) in [6.45, 7) is 3.59. The van der Waals surface area contributed by atoms with Crippen molar-refractivity contribution in [2.75, 3.05) is 39.3 Å². The number of ether oxygens (including phenoxy) is 3. The maximum atomic E-state index is 6.94. The zero-order valence-corrected chi connectivity index (χ0v) is 21.7. The van der Waals surface area contributed by atoms with Crippen LogP contribution in [0.1, 0.15) is 46.7 Å². The normalized spacial score (nSPS) is 20.8. The van der Waals surface area contributed by atoms with Gasteiger partial charge in [0.1, 0.15) is 17.9 Å². The van der Waals surface area contributed by atoms with Crippen LogP contribution in [-0.4, -0.2) is 50.4 Å². The van der Waals surface area contributed by atoms with Crippen LogP contribution < -0.4 is 24.8 Å². The molecule has 3 unspecified atom stereocenters. The molecule has 3 aromatic rings. The Balaban J connectivity index is 1.66. The molecular formula is C28H31ClN4O3. The zero-order chi connectivity index (χ0) is 25.4. The van der Waals surface area contributed by atoms with Crippen LogP contribution in [-0.2, 0) is 6.42 Å². The van der Waals surface area contributed by atoms with Crippen LogP contribution in [0, 0.1) is 0 Å². The van der Waals surface area contributed by atoms with Gasteiger partial charge in [-0.25, -0.2) is 9.97 Å². The molecule has 1 aliphatic carbocycles. The number of rotatable bonds is 5. The third kappa shape index (κ3) is 4.16. The molecule has 5 rings (SSSR count). The summed E-state index contributed by atoms with van der Waals surface area (Å²) in [4.78, 5) is 11.6. The lowest BCUT2D eigenvalue weighted by Crippen LogP contribution is -2.34. The third-order valence-electron chi connectivity index (χ3n) is 7.38. The van der Waals surface area contributed by atoms with Crippen molar-refractivity contribution in [3.63, 3.8) is 0 Å². The minimum Gasteiger partial charge on any atom is -0.497 e. The van der Waals surface area contributed by atoms with Gasteiger partial charge in [0, 0.05) is 36.5 Å². The maximum absolute atomic E-state index is 6.94. The van der Waals surface area contributed by atoms with Crippen molar-refractivity contribution in [2.24, 2.45) is 5.73 Å². The standard InChI is InChI=1S/C28H31ClN4O3/c1-16-22(30)9-10-23-25(16)28(32-15-31-23)33-12-11-19-20(13-24(35-3)27(36-4)26(19)29)21(14-33)17-5-7-18(34-2)8-6-17/h5-10,13,15-16,21-22H,11-12,14,30H2,1-4H3. The summed E-state index contributed by atoms with van der Waals surface area (Å²) in [5.74, 6) is 3.04. The molecule has 0 saturated carbocycles. The predicted octanol–water partition coefficient (Wildman–Crippen LogP) is 4.81. The van der Waals surface area contributed by atoms with E-state index in [0.717, 1.165) is 52.5 Å². The maximum Gasteiger partial charge on any atom is 0.179 e. The van der Waals surface area contributed by atoms with Gasteiger partial charge in [0.2, 0.25) is 0 Å². The molecule has 36 heavy (non-hydrogen) atoms. The average molecular weight is 507 g/mol. The van der Waals surface area contributed by atoms with E-state index in [2.05, 4.69) is 35.0 Å². The summed E-state index contributed by atoms with van der Waals surface area (Å²) in [7, 11) is 4.93. The molecule has 2 N–H and O–H groups in total. The second-order valence-electron chi connectivity index (χ2n) is 9.24. The molecule has 0 radical (unpaired) electrons. The molecule has 8 heteroatoms. The van der Waals surface area contributed by atoms with E-state index >= 15 is 0 Å². The van der Waals surface area contributed by atoms with E-state index in [9.17, 15) is 0 Å². The van der Waals surface area contributed by atoms with E-state index in [-0.39, 0.29) is 17.9 Å². The van der Waals surface area contributed by atoms with Crippen molar-refractivity contribution >= 4 is 23.5 Å². The van der Waals surface area contributed by atoms with Gasteiger partial charge in [-0.05, 0) is 47.4 Å². The largest absolute Gasteiger partial charge is 0.497 e. The molecule has 1 aromatic heterocycles. The van der Waals surface area contributed by atoms with Crippen LogP contribution >= 0.6 is 11.6 Å². The Hall–Kier alpha value is -3.29. The van der Waals surface area contributed by atoms with Gasteiger partial charge in [-0.2, -0.15) is 0 Å². The first-order valence-electron chi connectivity index (χ1n) is 12.1. The molecule has 3 atom stereocenters. The van der Waals surface area contributed by atoms with E-state index in [1.54, 1.807) is 27.7 Å². The Bertz CT molecular complexity index is 1290. The van der Waals surface area contributed by atoms with E-state index in [1.807, 2.05) is 24.3 Å². The Morgan fingerprint density at radius 2 is 1.83 bits per heavy atom. The number of aromatic nitrogens is 2. The number of halogens is 1. The van der Waals surface area contributed by atoms with Gasteiger partial charge >= 0.3 is 0 Å². The molecule has 1 aliphatic heterocycles. The molecule has 188 valence electrons. The number of hydrogen-bond donors (Lipinski definition) is 1. The molecule has 2 heterocycles. The van der Waals surface area contributed by atoms with Gasteiger partial charge in [0.25, 0.3) is 0 Å². The highest BCUT2D eigenvalue weighted by Crippen LogP contribution is 2.46. The Kier molecular flexibility index (Phi) is 6.77. The number of benzene rings is 2. The van der Waals surface area contributed by atoms with Gasteiger partial charge in [-0.1, -0.05) is 36.7 Å². The average Bonchev–Trinajstić information content (AvgIpc) is 3.10. The van der Waals surface area contributed by atoms with Crippen molar-refractivity contribution < 1.29 is 14.2 Å². The summed E-state index contributed by atoms with van der Waals surface area (Å²) >= 11 is 6.94. The van der Waals surface area contributed by atoms with Gasteiger partial charge in [-0.3, -0.25) is 0 Å². The summed E-state index contributed by atoms with van der Waals surface area (Å²) < 4.78 is 16.7. The van der Waals surface area contributed by atoms with E-state index < -0.39 is 0 Å². The number of nitrogens with zero attached hydrogens (tertiary/aromatic N) is 3. The summed E-state index contributed by atoms with van der Waals surface area (Å²) in [5, 5.41) is 0.593. The lowest BCUT2D eigenvalue weighted by atomic mass is 9.86. The molecule has 7 nitrogen and oxygen atoms in total. The monoisotopic (exact) mass is 506 g/mol. The first-order chi connectivity index (χ1) is 17.5. The van der Waals surface area contributed by atoms with E-state index in [4.69, 9.17) is 36.5 Å². The quantitative estimate of drug-likeness (QED) is 0.531. The fourth-order valence-electron chi connectivity index (χ4n) is 5.33. The second kappa shape index (κ2) is 9.99. The van der Waals surface area contributed by atoms with Gasteiger partial charge in [0.15, 0.2) is 11.5 Å². The van der Waals surface area contributed by atoms with Gasteiger partial charge < -0.3 is 24.8 Å². The topological polar surface area (TPSA) is 82.7 Å². The molecule has 0 bridgehead atoms. The summed E-state index contributed by atoms with van der Waals surface area (Å²) in [6.07, 6.45) is 6.39. The van der Waals surface area contributed by atoms with Crippen LogP contribution in [0.4, 0.5) is 5.82 Å². The summed E-state index contributed by atoms with van der Waals surface area (Å²) in [5.41, 5.74) is 11.8. The Morgan fingerprint density at radius 1 is 1.06 bits per heavy atom. The molecule has 0 amide bonds. The van der Waals surface area contributed by atoms with Crippen molar-refractivity contribution in [2.45, 2.75) is 31.2 Å². The highest BCUT2D eigenvalue weighted by Gasteiger charge is 2.33. The fourth-order valence-corrected chi connectivity index (χ4v) is 5.70. The Morgan fingerprint density at radius 3 is 2.53 bits per heavy atom. The molecule has 0 fully saturated rings. The van der Waals surface area contributed by atoms with Crippen molar-refractivity contribution in [3.8, 4) is 17.2 Å². The smallest absolute Gasteiger partial charge is 0.179 e. The number of anilines is 1. The number of methoxy groups -OCH3 is 3. The predicted molar refractivity (Wildman–Crippen MR) is 143 cm³/mol. The van der Waals surface area contributed by atoms with Crippen molar-refractivity contribution in [1.29, 1.82) is 0 Å². The van der Waals surface area contributed by atoms with Crippen molar-refractivity contribution in [1.82, 2.24) is 9.97 Å². The SMILES string of the molecule is COc1ccc(C2CN(c3ncnc4c3C(C)C(N)C=C4)CCc3c2cc(OC)c(OC)c3Cl)cc1. The minimum atomic E-state index is -0.0771. The summed E-state index contributed by atoms with van der Waals surface area (Å²) in [6, 6.07) is 10.2. The second-order valence-corrected chi connectivity index (χ2v) is 9.61. The minimum absolute atomic E-state index is 0.0134. The highest BCUT2D eigenvalue weighted by molar-refractivity contribution is 6.33. The molecular weight excluding hydrogens is 476 g/mol. The van der Waals surface area contributed by atoms with Crippen LogP contribution in [0.25, 0.3) is 6.08 Å². The number of nitrogens with two attached hydrogens (primary N) is 1. The third-order valence-corrected chi connectivity index (χ3v) is 7.78. The lowest BCUT2D eigenvalue weighted by molar-refractivity contribution is 0.354. The van der Waals surface area contributed by atoms with Gasteiger partial charge in [0.05, 0.1) is 32.0 Å². The van der Waals surface area contributed by atoms with Gasteiger partial charge in [-0.15, -0.1) is 0 Å². The van der Waals surface area contributed by atoms with E-state index in [1.165, 1.54) is 0 Å². The highest BCUT2D eigenvalue weighted by atomic mass is 35.5. The molecule has 2 aliphatic rings. The van der Waals surface area contributed by atoms with Crippen LogP contribution in [0.15, 0.2) is 42.7 Å². The lowest BCUT2D eigenvalue weighted by Gasteiger charge is -2.32. The number of hydrogen-bond acceptors (Lipinski definition) is 7. The van der Waals surface area contributed by atoms with Crippen molar-refractivity contribution in [3.05, 3.63) is 75.7 Å². The van der Waals surface area contributed by atoms with Crippen LogP contribution in [0.3, 0.4) is 0 Å². The molecule has 0 spiro atoms. The molecule has 2 aromatic carbocycles. The molecule has 0 saturated heterocycles. The van der Waals surface area contributed by atoms with Crippen LogP contribution in [0.5, 0.6) is 17.2 Å². The van der Waals surface area contributed by atoms with Crippen LogP contribution in [0.2, 0.25) is 5.02 Å². The fraction of sp³-hybridized carbons (Fsp3) is 0.357. The first-order valence-corrected chi connectivity index (χ1v) is 12.4. The van der Waals surface area contributed by atoms with E-state index in [0.29, 0.717) is 23.1 Å². The first kappa shape index (κ1) is 24.4. The Labute approximate surface area is 216 Å².